The average Bonchev–Trinajstić information content (AvgIpc) is 2.69. The number of benzene rings is 1. The van der Waals surface area contributed by atoms with Crippen LogP contribution in [0.1, 0.15) is 25.6 Å². The second kappa shape index (κ2) is 10.8. The number of ether oxygens (including phenoxy) is 1. The molecule has 0 bridgehead atoms. The van der Waals surface area contributed by atoms with Crippen molar-refractivity contribution in [3.63, 3.8) is 0 Å². The summed E-state index contributed by atoms with van der Waals surface area (Å²) in [5.74, 6) is -6.52. The van der Waals surface area contributed by atoms with Gasteiger partial charge in [0.2, 0.25) is 0 Å². The Morgan fingerprint density at radius 3 is 2.42 bits per heavy atom. The molecule has 1 unspecified atom stereocenters. The van der Waals surface area contributed by atoms with Gasteiger partial charge in [0.05, 0.1) is 16.8 Å². The van der Waals surface area contributed by atoms with Gasteiger partial charge < -0.3 is 10.1 Å². The molecular weight excluding hydrogens is 498 g/mol. The Bertz CT molecular complexity index is 1040. The predicted octanol–water partition coefficient (Wildman–Crippen LogP) is 4.89. The molecule has 1 heterocycles. The summed E-state index contributed by atoms with van der Waals surface area (Å²) in [6, 6.07) is 1.43. The zero-order chi connectivity index (χ0) is 24.9. The van der Waals surface area contributed by atoms with Crippen molar-refractivity contribution in [1.29, 1.82) is 0 Å². The molecular formula is C19H17Cl2F5N4O3. The number of nitrogens with zero attached hydrogens (tertiary/aromatic N) is 1. The van der Waals surface area contributed by atoms with E-state index in [-0.39, 0.29) is 32.6 Å². The van der Waals surface area contributed by atoms with Gasteiger partial charge in [-0.1, -0.05) is 23.2 Å². The highest BCUT2D eigenvalue weighted by molar-refractivity contribution is 6.36. The molecule has 0 aliphatic carbocycles. The van der Waals surface area contributed by atoms with Gasteiger partial charge >= 0.3 is 17.9 Å². The fourth-order valence-electron chi connectivity index (χ4n) is 2.51. The highest BCUT2D eigenvalue weighted by atomic mass is 35.5. The maximum absolute atomic E-state index is 14.7. The number of amides is 3. The molecule has 33 heavy (non-hydrogen) atoms. The molecule has 14 heteroatoms. The number of rotatable bonds is 7. The highest BCUT2D eigenvalue weighted by Gasteiger charge is 2.32. The molecule has 1 aromatic carbocycles. The second-order valence-electron chi connectivity index (χ2n) is 6.72. The van der Waals surface area contributed by atoms with Crippen LogP contribution in [0.25, 0.3) is 11.1 Å². The van der Waals surface area contributed by atoms with Crippen LogP contribution < -0.4 is 20.9 Å². The van der Waals surface area contributed by atoms with Crippen LogP contribution in [0.15, 0.2) is 24.4 Å². The van der Waals surface area contributed by atoms with Crippen LogP contribution in [0.5, 0.6) is 5.75 Å². The molecule has 0 saturated carbocycles. The lowest BCUT2D eigenvalue weighted by atomic mass is 10.0. The van der Waals surface area contributed by atoms with Crippen LogP contribution in [0.4, 0.5) is 26.7 Å². The summed E-state index contributed by atoms with van der Waals surface area (Å²) < 4.78 is 70.5. The first-order valence-electron chi connectivity index (χ1n) is 9.10. The van der Waals surface area contributed by atoms with E-state index >= 15 is 0 Å². The van der Waals surface area contributed by atoms with E-state index in [0.717, 1.165) is 6.07 Å². The monoisotopic (exact) mass is 514 g/mol. The molecule has 0 fully saturated rings. The number of pyridine rings is 1. The Balaban J connectivity index is 2.20. The molecule has 1 atom stereocenters. The molecule has 2 rings (SSSR count). The largest absolute Gasteiger partial charge is 0.485 e. The quantitative estimate of drug-likeness (QED) is 0.362. The SMILES string of the molecule is CC(NC(=O)NNC(=O)C(C)(F)F)c1ncc(-c2cc(Cl)cc(Cl)c2OCC(F)F)cc1F. The molecule has 0 aliphatic heterocycles. The number of nitrogens with one attached hydrogen (secondary N) is 3. The van der Waals surface area contributed by atoms with E-state index in [1.54, 1.807) is 5.43 Å². The molecule has 3 amide bonds. The lowest BCUT2D eigenvalue weighted by molar-refractivity contribution is -0.143. The van der Waals surface area contributed by atoms with Crippen molar-refractivity contribution < 1.29 is 36.3 Å². The summed E-state index contributed by atoms with van der Waals surface area (Å²) in [6.45, 7) is 0.718. The topological polar surface area (TPSA) is 92.4 Å². The van der Waals surface area contributed by atoms with Gasteiger partial charge in [0.15, 0.2) is 0 Å². The van der Waals surface area contributed by atoms with Crippen molar-refractivity contribution in [2.75, 3.05) is 6.61 Å². The van der Waals surface area contributed by atoms with Crippen molar-refractivity contribution in [3.8, 4) is 16.9 Å². The minimum Gasteiger partial charge on any atom is -0.485 e. The summed E-state index contributed by atoms with van der Waals surface area (Å²) in [5, 5.41) is 2.26. The third kappa shape index (κ3) is 7.32. The first-order valence-corrected chi connectivity index (χ1v) is 9.85. The summed E-state index contributed by atoms with van der Waals surface area (Å²) >= 11 is 12.0. The normalized spacial score (nSPS) is 12.3. The van der Waals surface area contributed by atoms with Crippen molar-refractivity contribution in [1.82, 2.24) is 21.2 Å². The number of hydrogen-bond donors (Lipinski definition) is 3. The molecule has 0 radical (unpaired) electrons. The molecule has 7 nitrogen and oxygen atoms in total. The standard InChI is InChI=1S/C19H17Cl2F5N4O3/c1-8(28-18(32)30-29-17(31)19(2,25)26)15-13(22)3-9(6-27-15)11-4-10(20)5-12(21)16(11)33-7-14(23)24/h3-6,8,14H,7H2,1-2H3,(H,29,31)(H2,28,30,32). The van der Waals surface area contributed by atoms with Gasteiger partial charge in [0, 0.05) is 29.3 Å². The van der Waals surface area contributed by atoms with Crippen LogP contribution >= 0.6 is 23.2 Å². The van der Waals surface area contributed by atoms with Crippen LogP contribution in [0.2, 0.25) is 10.0 Å². The van der Waals surface area contributed by atoms with Gasteiger partial charge in [-0.25, -0.2) is 23.4 Å². The van der Waals surface area contributed by atoms with Gasteiger partial charge in [-0.3, -0.25) is 15.2 Å². The molecule has 0 saturated heterocycles. The van der Waals surface area contributed by atoms with Crippen molar-refractivity contribution in [3.05, 3.63) is 46.0 Å². The van der Waals surface area contributed by atoms with Gasteiger partial charge in [-0.15, -0.1) is 0 Å². The molecule has 1 aromatic heterocycles. The van der Waals surface area contributed by atoms with Crippen molar-refractivity contribution in [2.24, 2.45) is 0 Å². The van der Waals surface area contributed by atoms with Gasteiger partial charge in [-0.05, 0) is 25.1 Å². The number of carbonyl (C=O) groups is 2. The van der Waals surface area contributed by atoms with Gasteiger partial charge in [0.25, 0.3) is 6.43 Å². The first-order chi connectivity index (χ1) is 15.3. The van der Waals surface area contributed by atoms with E-state index in [1.807, 2.05) is 0 Å². The zero-order valence-corrected chi connectivity index (χ0v) is 18.5. The van der Waals surface area contributed by atoms with E-state index in [9.17, 15) is 31.5 Å². The number of aromatic nitrogens is 1. The maximum Gasteiger partial charge on any atom is 0.334 e. The first kappa shape index (κ1) is 26.4. The Kier molecular flexibility index (Phi) is 8.67. The molecule has 2 aromatic rings. The molecule has 0 aliphatic rings. The van der Waals surface area contributed by atoms with E-state index in [0.29, 0.717) is 6.92 Å². The number of hydrazine groups is 1. The summed E-state index contributed by atoms with van der Waals surface area (Å²) in [7, 11) is 0. The lowest BCUT2D eigenvalue weighted by Gasteiger charge is -2.17. The fourth-order valence-corrected chi connectivity index (χ4v) is 3.05. The minimum atomic E-state index is -3.72. The Morgan fingerprint density at radius 1 is 1.18 bits per heavy atom. The molecule has 0 spiro atoms. The van der Waals surface area contributed by atoms with Gasteiger partial charge in [-0.2, -0.15) is 8.78 Å². The Hall–Kier alpha value is -2.86. The smallest absolute Gasteiger partial charge is 0.334 e. The van der Waals surface area contributed by atoms with E-state index in [1.165, 1.54) is 30.7 Å². The van der Waals surface area contributed by atoms with Crippen molar-refractivity contribution >= 4 is 35.1 Å². The maximum atomic E-state index is 14.7. The van der Waals surface area contributed by atoms with E-state index in [4.69, 9.17) is 27.9 Å². The number of halogens is 7. The van der Waals surface area contributed by atoms with Crippen molar-refractivity contribution in [2.45, 2.75) is 32.2 Å². The Morgan fingerprint density at radius 2 is 1.85 bits per heavy atom. The number of alkyl halides is 4. The number of urea groups is 1. The average molecular weight is 515 g/mol. The third-order valence-electron chi connectivity index (χ3n) is 3.99. The van der Waals surface area contributed by atoms with Crippen LogP contribution in [-0.2, 0) is 4.79 Å². The summed E-state index contributed by atoms with van der Waals surface area (Å²) in [5.41, 5.74) is 3.16. The molecule has 180 valence electrons. The lowest BCUT2D eigenvalue weighted by Crippen LogP contribution is -2.51. The second-order valence-corrected chi connectivity index (χ2v) is 7.56. The van der Waals surface area contributed by atoms with E-state index in [2.05, 4.69) is 10.3 Å². The number of carbonyl (C=O) groups excluding carboxylic acids is 2. The van der Waals surface area contributed by atoms with E-state index < -0.39 is 42.8 Å². The third-order valence-corrected chi connectivity index (χ3v) is 4.49. The van der Waals surface area contributed by atoms with Crippen LogP contribution in [0, 0.1) is 5.82 Å². The summed E-state index contributed by atoms with van der Waals surface area (Å²) in [4.78, 5) is 26.8. The zero-order valence-electron chi connectivity index (χ0n) is 17.0. The predicted molar refractivity (Wildman–Crippen MR) is 110 cm³/mol. The van der Waals surface area contributed by atoms with Gasteiger partial charge in [0.1, 0.15) is 18.2 Å². The Labute approximate surface area is 194 Å². The number of hydrogen-bond acceptors (Lipinski definition) is 4. The fraction of sp³-hybridized carbons (Fsp3) is 0.316. The molecule has 3 N–H and O–H groups in total. The highest BCUT2D eigenvalue weighted by Crippen LogP contribution is 2.39. The minimum absolute atomic E-state index is 0.0750. The summed E-state index contributed by atoms with van der Waals surface area (Å²) in [6.07, 6.45) is -1.61. The van der Waals surface area contributed by atoms with Crippen LogP contribution in [0.3, 0.4) is 0 Å². The van der Waals surface area contributed by atoms with Crippen LogP contribution in [-0.4, -0.2) is 35.9 Å².